The molecule has 0 saturated carbocycles. The molecule has 0 fully saturated rings. The maximum Gasteiger partial charge on any atom is 0.298 e. The lowest BCUT2D eigenvalue weighted by Crippen LogP contribution is -1.98. The van der Waals surface area contributed by atoms with E-state index >= 15 is 0 Å². The lowest BCUT2D eigenvalue weighted by Gasteiger charge is -2.12. The van der Waals surface area contributed by atoms with Gasteiger partial charge >= 0.3 is 0 Å². The summed E-state index contributed by atoms with van der Waals surface area (Å²) in [6.07, 6.45) is -1.73. The number of alkyl halides is 3. The minimum absolute atomic E-state index is 0. The summed E-state index contributed by atoms with van der Waals surface area (Å²) in [4.78, 5) is 0. The van der Waals surface area contributed by atoms with Crippen LogP contribution >= 0.6 is 22.6 Å². The molecular formula is C51H49F12IO2. The first-order valence-electron chi connectivity index (χ1n) is 19.6. The molecule has 15 heteroatoms. The normalized spacial score (nSPS) is 9.89. The van der Waals surface area contributed by atoms with Crippen LogP contribution in [0.2, 0.25) is 0 Å². The number of aryl methyl sites for hydroxylation is 4. The fourth-order valence-corrected chi connectivity index (χ4v) is 6.27. The quantitative estimate of drug-likeness (QED) is 0.0842. The Morgan fingerprint density at radius 3 is 1.11 bits per heavy atom. The van der Waals surface area contributed by atoms with Crippen LogP contribution in [-0.2, 0) is 12.8 Å². The Morgan fingerprint density at radius 2 is 0.833 bits per heavy atom. The lowest BCUT2D eigenvalue weighted by atomic mass is 9.95. The van der Waals surface area contributed by atoms with Crippen LogP contribution in [0, 0.1) is 37.1 Å². The van der Waals surface area contributed by atoms with Gasteiger partial charge in [0.05, 0.1) is 0 Å². The second kappa shape index (κ2) is 30.5. The summed E-state index contributed by atoms with van der Waals surface area (Å²) in [6, 6.07) is 33.1. The molecule has 0 aliphatic heterocycles. The monoisotopic (exact) mass is 1050 g/mol. The van der Waals surface area contributed by atoms with Crippen LogP contribution in [0.4, 0.5) is 52.7 Å². The van der Waals surface area contributed by atoms with E-state index in [0.29, 0.717) is 16.7 Å². The Kier molecular flexibility index (Phi) is 26.9. The molecule has 6 aromatic carbocycles. The highest BCUT2D eigenvalue weighted by Crippen LogP contribution is 2.34. The van der Waals surface area contributed by atoms with E-state index < -0.39 is 66.4 Å². The van der Waals surface area contributed by atoms with Crippen LogP contribution in [0.5, 0.6) is 11.5 Å². The molecule has 2 nitrogen and oxygen atoms in total. The van der Waals surface area contributed by atoms with Gasteiger partial charge in [0.25, 0.3) is 12.2 Å². The minimum Gasteiger partial charge on any atom is -0.503 e. The van der Waals surface area contributed by atoms with Crippen LogP contribution in [-0.4, -0.2) is 16.6 Å². The molecular weight excluding hydrogens is 999 g/mol. The van der Waals surface area contributed by atoms with Crippen molar-refractivity contribution in [1.82, 2.24) is 0 Å². The van der Waals surface area contributed by atoms with Gasteiger partial charge in [-0.2, -0.15) is 17.6 Å². The second-order valence-corrected chi connectivity index (χ2v) is 14.2. The fraction of sp³-hybridized carbons (Fsp3) is 0.216. The van der Waals surface area contributed by atoms with Crippen molar-refractivity contribution in [2.45, 2.75) is 60.8 Å². The number of ether oxygens (including phenoxy) is 1. The summed E-state index contributed by atoms with van der Waals surface area (Å²) in [5, 5.41) is 9.25. The van der Waals surface area contributed by atoms with Gasteiger partial charge in [-0.1, -0.05) is 119 Å². The topological polar surface area (TPSA) is 29.5 Å². The summed E-state index contributed by atoms with van der Waals surface area (Å²) >= 11 is 1.62. The molecule has 0 saturated heterocycles. The molecule has 0 aliphatic rings. The van der Waals surface area contributed by atoms with Gasteiger partial charge in [0.15, 0.2) is 47.4 Å². The second-order valence-electron chi connectivity index (χ2n) is 13.7. The van der Waals surface area contributed by atoms with Gasteiger partial charge in [0, 0.05) is 0 Å². The smallest absolute Gasteiger partial charge is 0.298 e. The molecule has 0 unspecified atom stereocenters. The first-order chi connectivity index (χ1) is 31.0. The number of rotatable bonds is 10. The minimum atomic E-state index is -2.29. The van der Waals surface area contributed by atoms with Crippen molar-refractivity contribution in [3.05, 3.63) is 180 Å². The van der Waals surface area contributed by atoms with Gasteiger partial charge in [0.1, 0.15) is 4.68 Å². The average molecular weight is 1050 g/mol. The van der Waals surface area contributed by atoms with Crippen LogP contribution in [0.3, 0.4) is 0 Å². The molecule has 0 bridgehead atoms. The summed E-state index contributed by atoms with van der Waals surface area (Å²) in [7, 11) is 0. The Bertz CT molecular complexity index is 2390. The SMILES string of the molecule is C.CCCc1ccc(-c2ccc(-c3cc(F)c(O)c(F)c3)c(C)c2)cc1.CCCc1ccc(-c2ccc(-c3cc(F)c(OCF)c(F)c3)c(C)c2)cc1.FC=C(F)F.FC=C(F)F.FCI. The van der Waals surface area contributed by atoms with Crippen molar-refractivity contribution in [2.75, 3.05) is 11.5 Å². The molecule has 1 N–H and O–H groups in total. The number of hydrogen-bond acceptors (Lipinski definition) is 2. The molecule has 0 amide bonds. The summed E-state index contributed by atoms with van der Waals surface area (Å²) in [5.74, 6) is -5.38. The van der Waals surface area contributed by atoms with Crippen molar-refractivity contribution in [1.29, 1.82) is 0 Å². The van der Waals surface area contributed by atoms with Crippen LogP contribution in [0.1, 0.15) is 56.4 Å². The van der Waals surface area contributed by atoms with Gasteiger partial charge < -0.3 is 9.84 Å². The fourth-order valence-electron chi connectivity index (χ4n) is 6.27. The largest absolute Gasteiger partial charge is 0.503 e. The zero-order chi connectivity index (χ0) is 48.6. The molecule has 0 heterocycles. The van der Waals surface area contributed by atoms with Crippen LogP contribution < -0.4 is 4.74 Å². The first kappa shape index (κ1) is 58.3. The summed E-state index contributed by atoms with van der Waals surface area (Å²) in [6.45, 7) is 6.83. The molecule has 0 radical (unpaired) electrons. The van der Waals surface area contributed by atoms with E-state index in [9.17, 15) is 57.8 Å². The number of phenols is 1. The third-order valence-corrected chi connectivity index (χ3v) is 9.11. The van der Waals surface area contributed by atoms with E-state index in [-0.39, 0.29) is 12.1 Å². The number of aromatic hydroxyl groups is 1. The van der Waals surface area contributed by atoms with Crippen molar-refractivity contribution in [3.63, 3.8) is 0 Å². The predicted molar refractivity (Wildman–Crippen MR) is 250 cm³/mol. The molecule has 0 atom stereocenters. The zero-order valence-electron chi connectivity index (χ0n) is 35.6. The molecule has 356 valence electrons. The molecule has 66 heavy (non-hydrogen) atoms. The highest BCUT2D eigenvalue weighted by atomic mass is 127. The molecule has 0 spiro atoms. The van der Waals surface area contributed by atoms with Crippen LogP contribution in [0.15, 0.2) is 134 Å². The van der Waals surface area contributed by atoms with E-state index in [1.165, 1.54) is 11.1 Å². The number of halogens is 13. The molecule has 0 aromatic heterocycles. The van der Waals surface area contributed by atoms with E-state index in [1.54, 1.807) is 22.6 Å². The van der Waals surface area contributed by atoms with E-state index in [1.807, 2.05) is 50.2 Å². The first-order valence-corrected chi connectivity index (χ1v) is 21.1. The van der Waals surface area contributed by atoms with Gasteiger partial charge in [-0.15, -0.1) is 0 Å². The molecule has 6 aromatic rings. The Morgan fingerprint density at radius 1 is 0.530 bits per heavy atom. The van der Waals surface area contributed by atoms with E-state index in [4.69, 9.17) is 0 Å². The van der Waals surface area contributed by atoms with Gasteiger partial charge in [-0.05, 0) is 140 Å². The van der Waals surface area contributed by atoms with Crippen molar-refractivity contribution in [2.24, 2.45) is 0 Å². The predicted octanol–water partition coefficient (Wildman–Crippen LogP) is 18.5. The Balaban J connectivity index is 0.000000516. The van der Waals surface area contributed by atoms with E-state index in [2.05, 4.69) is 67.1 Å². The van der Waals surface area contributed by atoms with E-state index in [0.717, 1.165) is 88.9 Å². The zero-order valence-corrected chi connectivity index (χ0v) is 37.7. The summed E-state index contributed by atoms with van der Waals surface area (Å²) < 4.78 is 143. The third-order valence-electron chi connectivity index (χ3n) is 9.11. The molecule has 6 rings (SSSR count). The van der Waals surface area contributed by atoms with Crippen molar-refractivity contribution < 1.29 is 62.5 Å². The van der Waals surface area contributed by atoms with Gasteiger partial charge in [-0.25, -0.2) is 35.1 Å². The number of phenolic OH excluding ortho intramolecular Hbond substituents is 1. The van der Waals surface area contributed by atoms with Gasteiger partial charge in [-0.3, -0.25) is 0 Å². The van der Waals surface area contributed by atoms with Crippen LogP contribution in [0.25, 0.3) is 44.5 Å². The maximum atomic E-state index is 14.0. The van der Waals surface area contributed by atoms with Crippen molar-refractivity contribution in [3.8, 4) is 56.0 Å². The maximum absolute atomic E-state index is 14.0. The third kappa shape index (κ3) is 18.6. The standard InChI is InChI=1S/C23H21F3O.C22H20F2O.2C2HF3.CH2FI.CH4/c1-3-4-16-5-7-17(8-6-16)18-9-10-20(15(2)11-18)19-12-21(25)23(27-14-24)22(26)13-19;1-3-4-15-5-7-16(8-6-15)17-9-10-19(14(2)11-17)18-12-20(23)22(25)21(24)13-18;2*3-1-2(4)5;2-1-3;/h5-13H,3-4,14H2,1-2H3;5-13,25H,3-4H2,1-2H3;2*1H;1H2;1H4. The number of hydrogen-bond donors (Lipinski definition) is 1. The Labute approximate surface area is 391 Å². The summed E-state index contributed by atoms with van der Waals surface area (Å²) in [5.41, 5.74) is 11.0. The number of benzene rings is 6. The lowest BCUT2D eigenvalue weighted by molar-refractivity contribution is 0.176. The van der Waals surface area contributed by atoms with Crippen molar-refractivity contribution >= 4 is 22.6 Å². The highest BCUT2D eigenvalue weighted by Gasteiger charge is 2.16. The average Bonchev–Trinajstić information content (AvgIpc) is 3.28. The highest BCUT2D eigenvalue weighted by molar-refractivity contribution is 14.1. The Hall–Kier alpha value is -5.71. The molecule has 0 aliphatic carbocycles. The van der Waals surface area contributed by atoms with Gasteiger partial charge in [0.2, 0.25) is 6.86 Å².